The fourth-order valence-electron chi connectivity index (χ4n) is 2.79. The number of hydrogen-bond donors (Lipinski definition) is 3. The molecule has 0 amide bonds. The van der Waals surface area contributed by atoms with E-state index in [2.05, 4.69) is 9.97 Å². The first-order valence-electron chi connectivity index (χ1n) is 6.71. The van der Waals surface area contributed by atoms with Gasteiger partial charge in [-0.2, -0.15) is 0 Å². The maximum atomic E-state index is 10.1. The fraction of sp³-hybridized carbons (Fsp3) is 0.583. The molecule has 2 aliphatic heterocycles. The molecule has 2 aromatic heterocycles. The van der Waals surface area contributed by atoms with Crippen LogP contribution in [-0.2, 0) is 11.3 Å². The van der Waals surface area contributed by atoms with Gasteiger partial charge in [-0.05, 0) is 4.98 Å². The number of aliphatic hydroxyl groups excluding tert-OH is 3. The highest BCUT2D eigenvalue weighted by Gasteiger charge is 2.44. The molecule has 9 heteroatoms. The summed E-state index contributed by atoms with van der Waals surface area (Å²) in [6.45, 7) is 0.555. The first kappa shape index (κ1) is 13.4. The molecule has 0 aliphatic carbocycles. The van der Waals surface area contributed by atoms with Crippen molar-refractivity contribution in [1.29, 1.82) is 0 Å². The Bertz CT molecular complexity index is 693. The predicted molar refractivity (Wildman–Crippen MR) is 71.5 cm³/mol. The van der Waals surface area contributed by atoms with E-state index in [-0.39, 0.29) is 6.61 Å². The first-order valence-corrected chi connectivity index (χ1v) is 7.69. The molecule has 4 heterocycles. The third-order valence-corrected chi connectivity index (χ3v) is 5.00. The van der Waals surface area contributed by atoms with Crippen molar-refractivity contribution in [3.63, 3.8) is 0 Å². The number of rotatable bonds is 2. The van der Waals surface area contributed by atoms with Crippen LogP contribution in [-0.4, -0.2) is 60.5 Å². The van der Waals surface area contributed by atoms with Gasteiger partial charge < -0.3 is 20.1 Å². The number of thioether (sulfide) groups is 1. The highest BCUT2D eigenvalue weighted by atomic mass is 32.2. The highest BCUT2D eigenvalue weighted by molar-refractivity contribution is 7.99. The zero-order valence-corrected chi connectivity index (χ0v) is 11.8. The Morgan fingerprint density at radius 3 is 3.00 bits per heavy atom. The molecule has 21 heavy (non-hydrogen) atoms. The van der Waals surface area contributed by atoms with Crippen molar-refractivity contribution in [3.8, 4) is 0 Å². The monoisotopic (exact) mass is 311 g/mol. The van der Waals surface area contributed by atoms with Crippen LogP contribution in [0.15, 0.2) is 17.7 Å². The second-order valence-corrected chi connectivity index (χ2v) is 6.23. The molecule has 0 spiro atoms. The maximum Gasteiger partial charge on any atom is 0.289 e. The van der Waals surface area contributed by atoms with Gasteiger partial charge in [0.25, 0.3) is 12.0 Å². The third kappa shape index (κ3) is 1.89. The minimum absolute atomic E-state index is 0.351. The van der Waals surface area contributed by atoms with Crippen LogP contribution in [0.4, 0.5) is 0 Å². The Hall–Kier alpha value is -1.26. The largest absolute Gasteiger partial charge is 0.394 e. The Kier molecular flexibility index (Phi) is 3.12. The van der Waals surface area contributed by atoms with Gasteiger partial charge in [-0.15, -0.1) is 0 Å². The average molecular weight is 311 g/mol. The van der Waals surface area contributed by atoms with Crippen molar-refractivity contribution < 1.29 is 24.6 Å². The fourth-order valence-corrected chi connectivity index (χ4v) is 3.86. The molecule has 1 fully saturated rings. The van der Waals surface area contributed by atoms with Crippen molar-refractivity contribution in [1.82, 2.24) is 14.5 Å². The molecule has 0 aromatic carbocycles. The quantitative estimate of drug-likeness (QED) is 0.455. The molecule has 4 rings (SSSR count). The van der Waals surface area contributed by atoms with Crippen molar-refractivity contribution in [2.45, 2.75) is 36.1 Å². The molecule has 2 aromatic rings. The first-order chi connectivity index (χ1) is 10.2. The molecule has 0 radical (unpaired) electrons. The Morgan fingerprint density at radius 1 is 1.38 bits per heavy atom. The minimum Gasteiger partial charge on any atom is -0.394 e. The van der Waals surface area contributed by atoms with Gasteiger partial charge in [0.15, 0.2) is 16.8 Å². The number of fused-ring (bicyclic) bond motifs is 3. The van der Waals surface area contributed by atoms with E-state index in [1.807, 2.05) is 4.57 Å². The zero-order chi connectivity index (χ0) is 14.6. The minimum atomic E-state index is -1.13. The van der Waals surface area contributed by atoms with Crippen LogP contribution < -0.4 is 4.57 Å². The lowest BCUT2D eigenvalue weighted by atomic mass is 10.1. The number of imidazole rings is 1. The second kappa shape index (κ2) is 4.89. The van der Waals surface area contributed by atoms with Crippen LogP contribution in [0.1, 0.15) is 6.23 Å². The lowest BCUT2D eigenvalue weighted by Crippen LogP contribution is -2.34. The highest BCUT2D eigenvalue weighted by Crippen LogP contribution is 2.33. The van der Waals surface area contributed by atoms with Gasteiger partial charge in [0.1, 0.15) is 31.2 Å². The Balaban J connectivity index is 1.78. The molecule has 4 unspecified atom stereocenters. The van der Waals surface area contributed by atoms with Gasteiger partial charge >= 0.3 is 0 Å². The molecular formula is C12H15N4O4S+. The topological polar surface area (TPSA) is 105 Å². The van der Waals surface area contributed by atoms with E-state index in [0.29, 0.717) is 5.65 Å². The summed E-state index contributed by atoms with van der Waals surface area (Å²) in [7, 11) is 0. The van der Waals surface area contributed by atoms with Gasteiger partial charge in [0.05, 0.1) is 6.61 Å². The smallest absolute Gasteiger partial charge is 0.289 e. The number of hydrogen-bond acceptors (Lipinski definition) is 7. The molecular weight excluding hydrogens is 296 g/mol. The maximum absolute atomic E-state index is 10.1. The molecule has 3 N–H and O–H groups in total. The third-order valence-electron chi connectivity index (χ3n) is 3.91. The Labute approximate surface area is 124 Å². The predicted octanol–water partition coefficient (Wildman–Crippen LogP) is -1.56. The van der Waals surface area contributed by atoms with Gasteiger partial charge in [0, 0.05) is 5.75 Å². The van der Waals surface area contributed by atoms with E-state index in [1.165, 1.54) is 0 Å². The van der Waals surface area contributed by atoms with Gasteiger partial charge in [-0.1, -0.05) is 11.8 Å². The molecule has 0 saturated carbocycles. The number of aryl methyl sites for hydroxylation is 1. The molecule has 112 valence electrons. The van der Waals surface area contributed by atoms with Crippen LogP contribution in [0, 0.1) is 0 Å². The lowest BCUT2D eigenvalue weighted by Gasteiger charge is -2.14. The standard InChI is InChI=1S/C12H15N4O4S/c17-3-6-8(18)9(19)11(20-6)16-5-13-7-10(16)14-4-15-1-2-21-12(7)15/h4-6,8-9,11,17-19H,1-3H2/q+1. The van der Waals surface area contributed by atoms with Crippen molar-refractivity contribution in [3.05, 3.63) is 12.7 Å². The van der Waals surface area contributed by atoms with Gasteiger partial charge in [-0.3, -0.25) is 4.57 Å². The Morgan fingerprint density at radius 2 is 2.24 bits per heavy atom. The molecule has 1 saturated heterocycles. The molecule has 0 bridgehead atoms. The number of aromatic nitrogens is 4. The van der Waals surface area contributed by atoms with E-state index >= 15 is 0 Å². The zero-order valence-electron chi connectivity index (χ0n) is 11.0. The van der Waals surface area contributed by atoms with Crippen molar-refractivity contribution >= 4 is 22.9 Å². The van der Waals surface area contributed by atoms with E-state index < -0.39 is 24.5 Å². The van der Waals surface area contributed by atoms with E-state index in [1.54, 1.807) is 29.0 Å². The van der Waals surface area contributed by atoms with E-state index in [0.717, 1.165) is 22.8 Å². The SMILES string of the molecule is OCC1OC(n2cnc3c4[n+](cnc32)CCS4)C(O)C1O. The summed E-state index contributed by atoms with van der Waals surface area (Å²) >= 11 is 1.71. The van der Waals surface area contributed by atoms with Crippen molar-refractivity contribution in [2.75, 3.05) is 12.4 Å². The molecule has 8 nitrogen and oxygen atoms in total. The summed E-state index contributed by atoms with van der Waals surface area (Å²) in [4.78, 5) is 8.75. The summed E-state index contributed by atoms with van der Waals surface area (Å²) in [5, 5.41) is 30.2. The van der Waals surface area contributed by atoms with Crippen LogP contribution in [0.5, 0.6) is 0 Å². The number of nitrogens with zero attached hydrogens (tertiary/aromatic N) is 4. The normalized spacial score (nSPS) is 32.0. The van der Waals surface area contributed by atoms with Crippen LogP contribution >= 0.6 is 11.8 Å². The van der Waals surface area contributed by atoms with Crippen LogP contribution in [0.3, 0.4) is 0 Å². The van der Waals surface area contributed by atoms with Crippen LogP contribution in [0.2, 0.25) is 0 Å². The average Bonchev–Trinajstić information content (AvgIpc) is 3.17. The molecule has 4 atom stereocenters. The number of ether oxygens (including phenoxy) is 1. The molecule has 2 aliphatic rings. The lowest BCUT2D eigenvalue weighted by molar-refractivity contribution is -0.724. The summed E-state index contributed by atoms with van der Waals surface area (Å²) in [5.41, 5.74) is 1.36. The van der Waals surface area contributed by atoms with Crippen molar-refractivity contribution in [2.24, 2.45) is 0 Å². The van der Waals surface area contributed by atoms with E-state index in [9.17, 15) is 10.2 Å². The summed E-state index contributed by atoms with van der Waals surface area (Å²) < 4.78 is 9.18. The summed E-state index contributed by atoms with van der Waals surface area (Å²) in [6, 6.07) is 0. The van der Waals surface area contributed by atoms with Gasteiger partial charge in [-0.25, -0.2) is 9.55 Å². The summed E-state index contributed by atoms with van der Waals surface area (Å²) in [5.74, 6) is 0.988. The number of aliphatic hydroxyl groups is 3. The summed E-state index contributed by atoms with van der Waals surface area (Å²) in [6.07, 6.45) is -0.565. The van der Waals surface area contributed by atoms with E-state index in [4.69, 9.17) is 9.84 Å². The van der Waals surface area contributed by atoms with Crippen LogP contribution in [0.25, 0.3) is 11.2 Å². The van der Waals surface area contributed by atoms with Gasteiger partial charge in [0.2, 0.25) is 0 Å². The second-order valence-electron chi connectivity index (χ2n) is 5.14.